The van der Waals surface area contributed by atoms with Crippen molar-refractivity contribution in [3.63, 3.8) is 0 Å². The molecule has 0 saturated carbocycles. The van der Waals surface area contributed by atoms with Gasteiger partial charge in [0, 0.05) is 45.3 Å². The number of aromatic nitrogens is 6. The zero-order valence-electron chi connectivity index (χ0n) is 13.7. The molecule has 9 nitrogen and oxygen atoms in total. The van der Waals surface area contributed by atoms with Crippen LogP contribution in [0.2, 0.25) is 0 Å². The number of carbonyl (C=O) groups excluding carboxylic acids is 1. The second kappa shape index (κ2) is 8.25. The Hall–Kier alpha value is -1.94. The quantitative estimate of drug-likeness (QED) is 0.524. The molecular weight excluding hydrogens is 328 g/mol. The van der Waals surface area contributed by atoms with E-state index >= 15 is 0 Å². The van der Waals surface area contributed by atoms with Crippen molar-refractivity contribution < 1.29 is 4.79 Å². The van der Waals surface area contributed by atoms with Crippen LogP contribution in [-0.2, 0) is 31.4 Å². The Bertz CT molecular complexity index is 659. The molecule has 10 heteroatoms. The van der Waals surface area contributed by atoms with Crippen LogP contribution in [0.3, 0.4) is 0 Å². The van der Waals surface area contributed by atoms with Gasteiger partial charge >= 0.3 is 0 Å². The Morgan fingerprint density at radius 3 is 3.25 bits per heavy atom. The average Bonchev–Trinajstić information content (AvgIpc) is 3.09. The van der Waals surface area contributed by atoms with Gasteiger partial charge in [-0.2, -0.15) is 5.10 Å². The van der Waals surface area contributed by atoms with Crippen molar-refractivity contribution in [2.75, 3.05) is 18.8 Å². The molecule has 1 aliphatic heterocycles. The van der Waals surface area contributed by atoms with E-state index in [0.29, 0.717) is 19.4 Å². The lowest BCUT2D eigenvalue weighted by Gasteiger charge is -2.04. The Labute approximate surface area is 144 Å². The fraction of sp³-hybridized carbons (Fsp3) is 0.643. The Morgan fingerprint density at radius 2 is 2.42 bits per heavy atom. The number of nitrogens with zero attached hydrogens (tertiary/aromatic N) is 6. The summed E-state index contributed by atoms with van der Waals surface area (Å²) in [5.41, 5.74) is 2.19. The molecule has 0 atom stereocenters. The Morgan fingerprint density at radius 1 is 1.50 bits per heavy atom. The molecule has 0 aromatic carbocycles. The van der Waals surface area contributed by atoms with Crippen LogP contribution < -0.4 is 10.6 Å². The monoisotopic (exact) mass is 350 g/mol. The number of fused-ring (bicyclic) bond motifs is 1. The number of nitrogens with one attached hydrogen (secondary N) is 2. The molecule has 2 N–H and O–H groups in total. The van der Waals surface area contributed by atoms with Gasteiger partial charge in [-0.25, -0.2) is 4.68 Å². The topological polar surface area (TPSA) is 103 Å². The highest BCUT2D eigenvalue weighted by atomic mass is 32.2. The van der Waals surface area contributed by atoms with Gasteiger partial charge in [0.25, 0.3) is 0 Å². The molecule has 0 fully saturated rings. The molecule has 0 unspecified atom stereocenters. The maximum Gasteiger partial charge on any atom is 0.220 e. The fourth-order valence-corrected chi connectivity index (χ4v) is 3.25. The predicted octanol–water partition coefficient (Wildman–Crippen LogP) is -0.259. The van der Waals surface area contributed by atoms with Crippen LogP contribution in [-0.4, -0.2) is 54.7 Å². The highest BCUT2D eigenvalue weighted by Crippen LogP contribution is 2.11. The number of hydrogen-bond acceptors (Lipinski definition) is 7. The molecule has 1 amide bonds. The third kappa shape index (κ3) is 4.54. The molecule has 24 heavy (non-hydrogen) atoms. The molecule has 2 aromatic rings. The molecule has 0 saturated heterocycles. The lowest BCUT2D eigenvalue weighted by Crippen LogP contribution is -2.26. The first-order valence-electron chi connectivity index (χ1n) is 8.10. The van der Waals surface area contributed by atoms with Crippen molar-refractivity contribution >= 4 is 17.7 Å². The van der Waals surface area contributed by atoms with Crippen molar-refractivity contribution in [3.8, 4) is 0 Å². The minimum absolute atomic E-state index is 0.0491. The van der Waals surface area contributed by atoms with Crippen molar-refractivity contribution in [1.29, 1.82) is 0 Å². The highest BCUT2D eigenvalue weighted by Gasteiger charge is 2.12. The summed E-state index contributed by atoms with van der Waals surface area (Å²) in [5, 5.41) is 22.9. The zero-order valence-corrected chi connectivity index (χ0v) is 14.6. The first-order valence-corrected chi connectivity index (χ1v) is 9.09. The van der Waals surface area contributed by atoms with E-state index in [1.807, 2.05) is 0 Å². The average molecular weight is 350 g/mol. The number of thioether (sulfide) groups is 1. The van der Waals surface area contributed by atoms with Crippen molar-refractivity contribution in [3.05, 3.63) is 17.5 Å². The largest absolute Gasteiger partial charge is 0.355 e. The molecular formula is C14H22N8OS. The Kier molecular flexibility index (Phi) is 5.81. The normalized spacial score (nSPS) is 14.2. The summed E-state index contributed by atoms with van der Waals surface area (Å²) in [5.74, 6) is 0.790. The molecule has 1 aliphatic rings. The van der Waals surface area contributed by atoms with Gasteiger partial charge in [-0.1, -0.05) is 11.8 Å². The molecule has 3 heterocycles. The Balaban J connectivity index is 1.36. The lowest BCUT2D eigenvalue weighted by molar-refractivity contribution is -0.120. The van der Waals surface area contributed by atoms with Gasteiger partial charge in [-0.05, 0) is 29.5 Å². The van der Waals surface area contributed by atoms with Crippen LogP contribution in [0.25, 0.3) is 0 Å². The van der Waals surface area contributed by atoms with Crippen LogP contribution in [0.5, 0.6) is 0 Å². The first-order chi connectivity index (χ1) is 11.7. The van der Waals surface area contributed by atoms with E-state index in [9.17, 15) is 4.79 Å². The number of amides is 1. The van der Waals surface area contributed by atoms with Gasteiger partial charge in [0.1, 0.15) is 0 Å². The molecule has 130 valence electrons. The van der Waals surface area contributed by atoms with Crippen LogP contribution in [0, 0.1) is 0 Å². The third-order valence-corrected chi connectivity index (χ3v) is 4.80. The smallest absolute Gasteiger partial charge is 0.220 e. The molecule has 0 spiro atoms. The number of rotatable bonds is 7. The molecule has 0 radical (unpaired) electrons. The number of tetrazole rings is 1. The van der Waals surface area contributed by atoms with E-state index in [1.165, 1.54) is 17.5 Å². The summed E-state index contributed by atoms with van der Waals surface area (Å²) in [6.45, 7) is 3.43. The van der Waals surface area contributed by atoms with Crippen LogP contribution in [0.1, 0.15) is 24.2 Å². The minimum Gasteiger partial charge on any atom is -0.355 e. The van der Waals surface area contributed by atoms with Gasteiger partial charge in [0.15, 0.2) is 0 Å². The third-order valence-electron chi connectivity index (χ3n) is 3.79. The standard InChI is InChI=1S/C14H22N8OS/c1-21-14(17-19-20-21)24-8-6-16-13(23)4-3-11-9-12-10-15-5-2-7-22(12)18-11/h9,15H,2-8,10H2,1H3,(H,16,23). The lowest BCUT2D eigenvalue weighted by atomic mass is 10.2. The maximum absolute atomic E-state index is 11.9. The highest BCUT2D eigenvalue weighted by molar-refractivity contribution is 7.99. The van der Waals surface area contributed by atoms with Gasteiger partial charge in [-0.15, -0.1) is 5.10 Å². The summed E-state index contributed by atoms with van der Waals surface area (Å²) >= 11 is 1.52. The van der Waals surface area contributed by atoms with E-state index < -0.39 is 0 Å². The second-order valence-corrected chi connectivity index (χ2v) is 6.73. The summed E-state index contributed by atoms with van der Waals surface area (Å²) in [4.78, 5) is 11.9. The fourth-order valence-electron chi connectivity index (χ4n) is 2.55. The van der Waals surface area contributed by atoms with E-state index in [2.05, 4.69) is 42.0 Å². The molecule has 3 rings (SSSR count). The van der Waals surface area contributed by atoms with Crippen LogP contribution in [0.15, 0.2) is 11.2 Å². The van der Waals surface area contributed by atoms with E-state index in [1.54, 1.807) is 11.7 Å². The number of aryl methyl sites for hydroxylation is 3. The maximum atomic E-state index is 11.9. The van der Waals surface area contributed by atoms with Gasteiger partial charge in [0.05, 0.1) is 11.4 Å². The SMILES string of the molecule is Cn1nnnc1SCCNC(=O)CCc1cc2n(n1)CCCNC2. The summed E-state index contributed by atoms with van der Waals surface area (Å²) in [6.07, 6.45) is 2.22. The van der Waals surface area contributed by atoms with E-state index in [-0.39, 0.29) is 5.91 Å². The number of hydrogen-bond donors (Lipinski definition) is 2. The van der Waals surface area contributed by atoms with Crippen molar-refractivity contribution in [2.24, 2.45) is 7.05 Å². The van der Waals surface area contributed by atoms with Crippen molar-refractivity contribution in [1.82, 2.24) is 40.6 Å². The van der Waals surface area contributed by atoms with Gasteiger partial charge < -0.3 is 10.6 Å². The summed E-state index contributed by atoms with van der Waals surface area (Å²) in [6, 6.07) is 2.10. The van der Waals surface area contributed by atoms with Crippen LogP contribution in [0.4, 0.5) is 0 Å². The van der Waals surface area contributed by atoms with Crippen molar-refractivity contribution in [2.45, 2.75) is 37.5 Å². The molecule has 0 aliphatic carbocycles. The summed E-state index contributed by atoms with van der Waals surface area (Å²) in [7, 11) is 1.79. The number of carbonyl (C=O) groups is 1. The van der Waals surface area contributed by atoms with E-state index in [4.69, 9.17) is 0 Å². The molecule has 0 bridgehead atoms. The van der Waals surface area contributed by atoms with Gasteiger partial charge in [0.2, 0.25) is 11.1 Å². The zero-order chi connectivity index (χ0) is 16.8. The van der Waals surface area contributed by atoms with Crippen LogP contribution >= 0.6 is 11.8 Å². The minimum atomic E-state index is 0.0491. The van der Waals surface area contributed by atoms with Gasteiger partial charge in [-0.3, -0.25) is 9.48 Å². The second-order valence-electron chi connectivity index (χ2n) is 5.66. The summed E-state index contributed by atoms with van der Waals surface area (Å²) < 4.78 is 3.67. The van der Waals surface area contributed by atoms with E-state index in [0.717, 1.165) is 42.7 Å². The first kappa shape index (κ1) is 16.9. The predicted molar refractivity (Wildman–Crippen MR) is 89.4 cm³/mol. The molecule has 2 aromatic heterocycles.